The van der Waals surface area contributed by atoms with Crippen LogP contribution in [0.2, 0.25) is 0 Å². The second-order valence-electron chi connectivity index (χ2n) is 8.81. The summed E-state index contributed by atoms with van der Waals surface area (Å²) in [5.41, 5.74) is 1.11. The highest BCUT2D eigenvalue weighted by Gasteiger charge is 2.23. The smallest absolute Gasteiger partial charge is 0.272 e. The third-order valence-electron chi connectivity index (χ3n) is 6.11. The van der Waals surface area contributed by atoms with Crippen molar-refractivity contribution in [2.24, 2.45) is 0 Å². The minimum absolute atomic E-state index is 0.102. The number of benzene rings is 2. The molecule has 0 aliphatic rings. The highest BCUT2D eigenvalue weighted by atomic mass is 32.2. The standard InChI is InChI=1S/C28H32N4O5S2/c1-4-21(26(34)30-18-9-7-10-19(17-18)37-3)39-28-31-24-20-11-5-6-12-22(20)38-25(24)27(35)32(28)15-8-13-23(33)29-14-16-36-2/h5-7,9-12,17,21H,4,8,13-16H2,1-3H3,(H,29,33)(H,30,34)/t21-/m1/s1. The van der Waals surface area contributed by atoms with Crippen LogP contribution >= 0.6 is 23.1 Å². The molecule has 11 heteroatoms. The molecule has 2 heterocycles. The number of hydrogen-bond acceptors (Lipinski definition) is 8. The van der Waals surface area contributed by atoms with E-state index in [4.69, 9.17) is 14.5 Å². The van der Waals surface area contributed by atoms with Crippen LogP contribution in [0.3, 0.4) is 0 Å². The average Bonchev–Trinajstić information content (AvgIpc) is 3.32. The van der Waals surface area contributed by atoms with E-state index >= 15 is 0 Å². The fourth-order valence-corrected chi connectivity index (χ4v) is 6.22. The van der Waals surface area contributed by atoms with Crippen LogP contribution in [-0.2, 0) is 20.9 Å². The van der Waals surface area contributed by atoms with E-state index in [9.17, 15) is 14.4 Å². The first kappa shape index (κ1) is 28.6. The van der Waals surface area contributed by atoms with Crippen molar-refractivity contribution in [3.63, 3.8) is 0 Å². The zero-order chi connectivity index (χ0) is 27.8. The molecule has 2 aromatic carbocycles. The number of thiophene rings is 1. The first-order valence-corrected chi connectivity index (χ1v) is 14.4. The minimum Gasteiger partial charge on any atom is -0.497 e. The molecule has 39 heavy (non-hydrogen) atoms. The number of carbonyl (C=O) groups is 2. The van der Waals surface area contributed by atoms with Crippen LogP contribution in [0.25, 0.3) is 20.3 Å². The topological polar surface area (TPSA) is 112 Å². The van der Waals surface area contributed by atoms with Crippen molar-refractivity contribution >= 4 is 60.9 Å². The van der Waals surface area contributed by atoms with E-state index in [0.717, 1.165) is 10.1 Å². The lowest BCUT2D eigenvalue weighted by molar-refractivity contribution is -0.121. The summed E-state index contributed by atoms with van der Waals surface area (Å²) in [4.78, 5) is 44.1. The SMILES string of the molecule is CC[C@@H](Sc1nc2c(sc3ccccc32)c(=O)n1CCCC(=O)NCCOC)C(=O)Nc1cccc(OC)c1. The van der Waals surface area contributed by atoms with Gasteiger partial charge in [0.15, 0.2) is 5.16 Å². The Hall–Kier alpha value is -3.41. The van der Waals surface area contributed by atoms with Gasteiger partial charge in [-0.2, -0.15) is 0 Å². The fraction of sp³-hybridized carbons (Fsp3) is 0.357. The zero-order valence-corrected chi connectivity index (χ0v) is 23.8. The van der Waals surface area contributed by atoms with Crippen LogP contribution < -0.4 is 20.9 Å². The summed E-state index contributed by atoms with van der Waals surface area (Å²) in [7, 11) is 3.15. The Morgan fingerprint density at radius 1 is 1.15 bits per heavy atom. The number of anilines is 1. The third-order valence-corrected chi connectivity index (χ3v) is 8.61. The number of rotatable bonds is 13. The number of methoxy groups -OCH3 is 2. The maximum Gasteiger partial charge on any atom is 0.272 e. The fourth-order valence-electron chi connectivity index (χ4n) is 4.09. The molecule has 2 amide bonds. The van der Waals surface area contributed by atoms with Crippen molar-refractivity contribution in [1.82, 2.24) is 14.9 Å². The van der Waals surface area contributed by atoms with Gasteiger partial charge in [-0.25, -0.2) is 4.98 Å². The van der Waals surface area contributed by atoms with Gasteiger partial charge in [0, 0.05) is 48.5 Å². The summed E-state index contributed by atoms with van der Waals surface area (Å²) in [5, 5.41) is 6.63. The van der Waals surface area contributed by atoms with E-state index in [1.54, 1.807) is 30.9 Å². The first-order chi connectivity index (χ1) is 18.9. The van der Waals surface area contributed by atoms with Crippen molar-refractivity contribution in [3.05, 3.63) is 58.9 Å². The van der Waals surface area contributed by atoms with Gasteiger partial charge < -0.3 is 20.1 Å². The van der Waals surface area contributed by atoms with Crippen LogP contribution in [0.5, 0.6) is 5.75 Å². The summed E-state index contributed by atoms with van der Waals surface area (Å²) in [6.07, 6.45) is 1.25. The molecule has 2 N–H and O–H groups in total. The van der Waals surface area contributed by atoms with Crippen molar-refractivity contribution < 1.29 is 19.1 Å². The van der Waals surface area contributed by atoms with Crippen LogP contribution in [0, 0.1) is 0 Å². The van der Waals surface area contributed by atoms with Crippen molar-refractivity contribution in [1.29, 1.82) is 0 Å². The Labute approximate surface area is 234 Å². The number of aromatic nitrogens is 2. The molecule has 9 nitrogen and oxygen atoms in total. The summed E-state index contributed by atoms with van der Waals surface area (Å²) < 4.78 is 13.4. The van der Waals surface area contributed by atoms with E-state index in [1.807, 2.05) is 43.3 Å². The lowest BCUT2D eigenvalue weighted by atomic mass is 10.2. The molecule has 0 aliphatic heterocycles. The Balaban J connectivity index is 1.62. The van der Waals surface area contributed by atoms with Gasteiger partial charge in [0.05, 0.1) is 24.5 Å². The number of hydrogen-bond donors (Lipinski definition) is 2. The molecule has 4 aromatic rings. The van der Waals surface area contributed by atoms with E-state index in [2.05, 4.69) is 10.6 Å². The second-order valence-corrected chi connectivity index (χ2v) is 11.0. The number of nitrogens with zero attached hydrogens (tertiary/aromatic N) is 2. The molecule has 0 saturated heterocycles. The predicted molar refractivity (Wildman–Crippen MR) is 157 cm³/mol. The highest BCUT2D eigenvalue weighted by Crippen LogP contribution is 2.33. The third kappa shape index (κ3) is 6.97. The van der Waals surface area contributed by atoms with E-state index in [-0.39, 0.29) is 23.8 Å². The Morgan fingerprint density at radius 3 is 2.74 bits per heavy atom. The number of ether oxygens (including phenoxy) is 2. The Kier molecular flexibility index (Phi) is 9.96. The molecule has 206 valence electrons. The lowest BCUT2D eigenvalue weighted by Crippen LogP contribution is -2.29. The minimum atomic E-state index is -0.492. The molecule has 2 aromatic heterocycles. The summed E-state index contributed by atoms with van der Waals surface area (Å²) in [5.74, 6) is 0.351. The molecule has 0 saturated carbocycles. The molecule has 0 radical (unpaired) electrons. The normalized spacial score (nSPS) is 12.0. The van der Waals surface area contributed by atoms with Crippen molar-refractivity contribution in [3.8, 4) is 5.75 Å². The summed E-state index contributed by atoms with van der Waals surface area (Å²) >= 11 is 2.68. The van der Waals surface area contributed by atoms with E-state index < -0.39 is 5.25 Å². The Morgan fingerprint density at radius 2 is 1.97 bits per heavy atom. The quantitative estimate of drug-likeness (QED) is 0.137. The second kappa shape index (κ2) is 13.6. The molecule has 0 fully saturated rings. The zero-order valence-electron chi connectivity index (χ0n) is 22.2. The number of thioether (sulfide) groups is 1. The van der Waals surface area contributed by atoms with Crippen LogP contribution in [-0.4, -0.2) is 54.0 Å². The molecule has 0 spiro atoms. The van der Waals surface area contributed by atoms with Crippen LogP contribution in [0.15, 0.2) is 58.5 Å². The summed E-state index contributed by atoms with van der Waals surface area (Å²) in [6.45, 7) is 3.11. The van der Waals surface area contributed by atoms with Gasteiger partial charge in [0.25, 0.3) is 5.56 Å². The summed E-state index contributed by atoms with van der Waals surface area (Å²) in [6, 6.07) is 15.0. The predicted octanol–water partition coefficient (Wildman–Crippen LogP) is 4.67. The van der Waals surface area contributed by atoms with Gasteiger partial charge in [0.2, 0.25) is 11.8 Å². The molecular formula is C28H32N4O5S2. The van der Waals surface area contributed by atoms with Crippen LogP contribution in [0.4, 0.5) is 5.69 Å². The van der Waals surface area contributed by atoms with E-state index in [1.165, 1.54) is 23.1 Å². The number of nitrogens with one attached hydrogen (secondary N) is 2. The first-order valence-electron chi connectivity index (χ1n) is 12.7. The van der Waals surface area contributed by atoms with Gasteiger partial charge in [-0.15, -0.1) is 11.3 Å². The molecule has 4 rings (SSSR count). The van der Waals surface area contributed by atoms with Gasteiger partial charge in [-0.3, -0.25) is 19.0 Å². The van der Waals surface area contributed by atoms with Crippen molar-refractivity contribution in [2.45, 2.75) is 43.1 Å². The van der Waals surface area contributed by atoms with Crippen molar-refractivity contribution in [2.75, 3.05) is 32.7 Å². The van der Waals surface area contributed by atoms with Gasteiger partial charge in [-0.05, 0) is 31.0 Å². The van der Waals surface area contributed by atoms with Crippen LogP contribution in [0.1, 0.15) is 26.2 Å². The monoisotopic (exact) mass is 568 g/mol. The maximum atomic E-state index is 13.7. The van der Waals surface area contributed by atoms with Gasteiger partial charge in [-0.1, -0.05) is 43.0 Å². The van der Waals surface area contributed by atoms with E-state index in [0.29, 0.717) is 59.3 Å². The Bertz CT molecular complexity index is 1520. The number of carbonyl (C=O) groups excluding carboxylic acids is 2. The molecule has 1 atom stereocenters. The van der Waals surface area contributed by atoms with Gasteiger partial charge >= 0.3 is 0 Å². The highest BCUT2D eigenvalue weighted by molar-refractivity contribution is 8.00. The number of amides is 2. The van der Waals surface area contributed by atoms with Gasteiger partial charge in [0.1, 0.15) is 10.4 Å². The molecule has 0 aliphatic carbocycles. The molecule has 0 unspecified atom stereocenters. The lowest BCUT2D eigenvalue weighted by Gasteiger charge is -2.18. The average molecular weight is 569 g/mol. The largest absolute Gasteiger partial charge is 0.497 e. The maximum absolute atomic E-state index is 13.7. The molecule has 0 bridgehead atoms. The number of fused-ring (bicyclic) bond motifs is 3. The molecular weight excluding hydrogens is 536 g/mol.